The summed E-state index contributed by atoms with van der Waals surface area (Å²) < 4.78 is 2.12. The van der Waals surface area contributed by atoms with E-state index < -0.39 is 5.97 Å². The maximum absolute atomic E-state index is 12.2. The summed E-state index contributed by atoms with van der Waals surface area (Å²) in [6.07, 6.45) is 2.47. The van der Waals surface area contributed by atoms with Gasteiger partial charge in [-0.15, -0.1) is 22.8 Å². The average Bonchev–Trinajstić information content (AvgIpc) is 3.61. The summed E-state index contributed by atoms with van der Waals surface area (Å²) >= 11 is 4.45. The number of nitrogens with one attached hydrogen (secondary N) is 1. The van der Waals surface area contributed by atoms with Gasteiger partial charge in [0.25, 0.3) is 0 Å². The van der Waals surface area contributed by atoms with E-state index in [9.17, 15) is 9.90 Å². The molecule has 0 fully saturated rings. The van der Waals surface area contributed by atoms with E-state index in [2.05, 4.69) is 62.1 Å². The van der Waals surface area contributed by atoms with Gasteiger partial charge in [-0.05, 0) is 52.4 Å². The van der Waals surface area contributed by atoms with Gasteiger partial charge in [-0.1, -0.05) is 49.4 Å². The first-order valence-electron chi connectivity index (χ1n) is 11.5. The van der Waals surface area contributed by atoms with E-state index in [0.717, 1.165) is 35.4 Å². The standard InChI is InChI=1S/C26H22N6O2S/c1-2-22-27-19-10-12-21(35)23(26(33)34)24(19)32(22)20-11-8-15-13-14(7-9-17(15)20)16-5-3-4-6-18(16)25-28-30-31-29-25/h3-7,9-10,12-13,20,35H,2,8,11H2,1H3,(H,33,34)(H,28,29,30,31). The molecule has 0 radical (unpaired) electrons. The molecule has 3 aromatic carbocycles. The lowest BCUT2D eigenvalue weighted by Gasteiger charge is -2.19. The number of rotatable bonds is 5. The van der Waals surface area contributed by atoms with Crippen molar-refractivity contribution in [2.45, 2.75) is 37.1 Å². The van der Waals surface area contributed by atoms with E-state index in [1.165, 1.54) is 11.1 Å². The molecule has 1 atom stereocenters. The van der Waals surface area contributed by atoms with Crippen molar-refractivity contribution < 1.29 is 9.90 Å². The summed E-state index contributed by atoms with van der Waals surface area (Å²) in [5.74, 6) is 0.446. The Morgan fingerprint density at radius 1 is 1.17 bits per heavy atom. The molecule has 9 heteroatoms. The molecular weight excluding hydrogens is 460 g/mol. The second-order valence-corrected chi connectivity index (χ2v) is 9.12. The Labute approximate surface area is 206 Å². The summed E-state index contributed by atoms with van der Waals surface area (Å²) in [4.78, 5) is 17.4. The highest BCUT2D eigenvalue weighted by Crippen LogP contribution is 2.41. The first-order valence-corrected chi connectivity index (χ1v) is 11.9. The lowest BCUT2D eigenvalue weighted by Crippen LogP contribution is -2.13. The van der Waals surface area contributed by atoms with Gasteiger partial charge in [0.15, 0.2) is 0 Å². The largest absolute Gasteiger partial charge is 0.478 e. The van der Waals surface area contributed by atoms with Crippen LogP contribution in [0.4, 0.5) is 0 Å². The SMILES string of the molecule is CCc1nc2ccc(S)c(C(=O)O)c2n1C1CCc2cc(-c3ccccc3-c3nn[nH]n3)ccc21. The van der Waals surface area contributed by atoms with Crippen molar-refractivity contribution in [2.24, 2.45) is 0 Å². The number of carboxylic acid groups (broad SMARTS) is 1. The molecule has 2 heterocycles. The van der Waals surface area contributed by atoms with Gasteiger partial charge >= 0.3 is 5.97 Å². The zero-order chi connectivity index (χ0) is 24.1. The van der Waals surface area contributed by atoms with Crippen molar-refractivity contribution in [3.05, 3.63) is 77.1 Å². The van der Waals surface area contributed by atoms with Gasteiger partial charge in [0, 0.05) is 16.9 Å². The van der Waals surface area contributed by atoms with Crippen molar-refractivity contribution in [2.75, 3.05) is 0 Å². The molecule has 0 bridgehead atoms. The molecule has 0 amide bonds. The fourth-order valence-corrected chi connectivity index (χ4v) is 5.53. The molecule has 6 rings (SSSR count). The number of hydrogen-bond donors (Lipinski definition) is 3. The number of aryl methyl sites for hydroxylation is 2. The first kappa shape index (κ1) is 21.5. The predicted octanol–water partition coefficient (Wildman–Crippen LogP) is 4.97. The van der Waals surface area contributed by atoms with Gasteiger partial charge < -0.3 is 9.67 Å². The van der Waals surface area contributed by atoms with Gasteiger partial charge in [0.1, 0.15) is 5.82 Å². The van der Waals surface area contributed by atoms with E-state index in [-0.39, 0.29) is 11.6 Å². The second kappa shape index (κ2) is 8.35. The Bertz CT molecular complexity index is 1590. The molecule has 8 nitrogen and oxygen atoms in total. The lowest BCUT2D eigenvalue weighted by molar-refractivity contribution is 0.0695. The minimum absolute atomic E-state index is 0.0136. The number of aromatic carboxylic acids is 1. The van der Waals surface area contributed by atoms with Gasteiger partial charge in [-0.2, -0.15) is 5.21 Å². The number of aromatic nitrogens is 6. The molecule has 0 saturated carbocycles. The third-order valence-corrected chi connectivity index (χ3v) is 7.13. The van der Waals surface area contributed by atoms with Crippen molar-refractivity contribution in [3.63, 3.8) is 0 Å². The zero-order valence-corrected chi connectivity index (χ0v) is 19.8. The molecule has 1 unspecified atom stereocenters. The van der Waals surface area contributed by atoms with Crippen molar-refractivity contribution >= 4 is 29.6 Å². The van der Waals surface area contributed by atoms with Gasteiger partial charge in [0.05, 0.1) is 22.6 Å². The fourth-order valence-electron chi connectivity index (χ4n) is 5.26. The number of fused-ring (bicyclic) bond motifs is 2. The topological polar surface area (TPSA) is 110 Å². The molecular formula is C26H22N6O2S. The molecule has 1 aliphatic carbocycles. The number of imidazole rings is 1. The molecule has 35 heavy (non-hydrogen) atoms. The van der Waals surface area contributed by atoms with Crippen molar-refractivity contribution in [1.29, 1.82) is 0 Å². The second-order valence-electron chi connectivity index (χ2n) is 8.63. The zero-order valence-electron chi connectivity index (χ0n) is 18.9. The van der Waals surface area contributed by atoms with Crippen LogP contribution in [0.25, 0.3) is 33.5 Å². The Morgan fingerprint density at radius 2 is 2.00 bits per heavy atom. The van der Waals surface area contributed by atoms with Crippen molar-refractivity contribution in [1.82, 2.24) is 30.2 Å². The van der Waals surface area contributed by atoms with Crippen LogP contribution in [0.5, 0.6) is 0 Å². The number of aromatic amines is 1. The van der Waals surface area contributed by atoms with E-state index in [1.807, 2.05) is 31.2 Å². The van der Waals surface area contributed by atoms with E-state index in [1.54, 1.807) is 6.07 Å². The first-order chi connectivity index (χ1) is 17.1. The van der Waals surface area contributed by atoms with Crippen LogP contribution in [-0.4, -0.2) is 41.3 Å². The summed E-state index contributed by atoms with van der Waals surface area (Å²) in [5, 5.41) is 24.5. The van der Waals surface area contributed by atoms with Crippen LogP contribution in [0.3, 0.4) is 0 Å². The Kier molecular flexibility index (Phi) is 5.14. The number of benzene rings is 3. The summed E-state index contributed by atoms with van der Waals surface area (Å²) in [7, 11) is 0. The number of carboxylic acids is 1. The number of tetrazole rings is 1. The monoisotopic (exact) mass is 482 g/mol. The van der Waals surface area contributed by atoms with Crippen LogP contribution in [0.2, 0.25) is 0 Å². The van der Waals surface area contributed by atoms with E-state index >= 15 is 0 Å². The highest BCUT2D eigenvalue weighted by atomic mass is 32.1. The van der Waals surface area contributed by atoms with E-state index in [4.69, 9.17) is 4.98 Å². The average molecular weight is 483 g/mol. The molecule has 1 aliphatic rings. The summed E-state index contributed by atoms with van der Waals surface area (Å²) in [6, 6.07) is 18.1. The molecule has 0 saturated heterocycles. The fraction of sp³-hybridized carbons (Fsp3) is 0.192. The van der Waals surface area contributed by atoms with Gasteiger partial charge in [-0.25, -0.2) is 9.78 Å². The Morgan fingerprint density at radius 3 is 2.74 bits per heavy atom. The molecule has 5 aromatic rings. The maximum atomic E-state index is 12.2. The Balaban J connectivity index is 1.49. The van der Waals surface area contributed by atoms with Crippen molar-refractivity contribution in [3.8, 4) is 22.5 Å². The smallest absolute Gasteiger partial charge is 0.339 e. The number of carbonyl (C=O) groups is 1. The van der Waals surface area contributed by atoms with Crippen LogP contribution < -0.4 is 0 Å². The number of thiol groups is 1. The van der Waals surface area contributed by atoms with Crippen LogP contribution in [0.1, 0.15) is 46.7 Å². The predicted molar refractivity (Wildman–Crippen MR) is 135 cm³/mol. The molecule has 2 aromatic heterocycles. The Hall–Kier alpha value is -3.98. The van der Waals surface area contributed by atoms with Crippen LogP contribution in [0, 0.1) is 0 Å². The van der Waals surface area contributed by atoms with Gasteiger partial charge in [0.2, 0.25) is 5.82 Å². The summed E-state index contributed by atoms with van der Waals surface area (Å²) in [6.45, 7) is 2.05. The number of nitrogens with zero attached hydrogens (tertiary/aromatic N) is 5. The van der Waals surface area contributed by atoms with Crippen LogP contribution in [-0.2, 0) is 12.8 Å². The molecule has 2 N–H and O–H groups in total. The molecule has 0 spiro atoms. The van der Waals surface area contributed by atoms with Crippen LogP contribution in [0.15, 0.2) is 59.5 Å². The number of hydrogen-bond acceptors (Lipinski definition) is 6. The normalized spacial score (nSPS) is 15.0. The third kappa shape index (κ3) is 3.42. The van der Waals surface area contributed by atoms with Gasteiger partial charge in [-0.3, -0.25) is 0 Å². The highest BCUT2D eigenvalue weighted by molar-refractivity contribution is 7.80. The molecule has 174 valence electrons. The maximum Gasteiger partial charge on any atom is 0.339 e. The molecule has 0 aliphatic heterocycles. The summed E-state index contributed by atoms with van der Waals surface area (Å²) in [5.41, 5.74) is 7.02. The third-order valence-electron chi connectivity index (χ3n) is 6.76. The minimum atomic E-state index is -0.990. The lowest BCUT2D eigenvalue weighted by atomic mass is 9.95. The highest BCUT2D eigenvalue weighted by Gasteiger charge is 2.30. The quantitative estimate of drug-likeness (QED) is 0.305. The minimum Gasteiger partial charge on any atom is -0.478 e. The number of H-pyrrole nitrogens is 1. The van der Waals surface area contributed by atoms with Crippen LogP contribution >= 0.6 is 12.6 Å². The van der Waals surface area contributed by atoms with E-state index in [0.29, 0.717) is 28.2 Å².